The molecule has 1 aliphatic rings. The minimum absolute atomic E-state index is 0.0987. The zero-order chi connectivity index (χ0) is 16.0. The maximum atomic E-state index is 12.3. The van der Waals surface area contributed by atoms with Gasteiger partial charge in [-0.1, -0.05) is 43.9 Å². The van der Waals surface area contributed by atoms with Crippen LogP contribution in [0, 0.1) is 5.92 Å². The van der Waals surface area contributed by atoms with E-state index in [1.165, 1.54) is 24.2 Å². The molecule has 2 rings (SSSR count). The topological polar surface area (TPSA) is 81.2 Å². The summed E-state index contributed by atoms with van der Waals surface area (Å²) in [6, 6.07) is 0. The molecule has 2 unspecified atom stereocenters. The molecule has 22 heavy (non-hydrogen) atoms. The van der Waals surface area contributed by atoms with E-state index in [-0.39, 0.29) is 24.2 Å². The molecule has 2 heterocycles. The summed E-state index contributed by atoms with van der Waals surface area (Å²) in [7, 11) is 0. The van der Waals surface area contributed by atoms with E-state index in [0.717, 1.165) is 19.3 Å². The van der Waals surface area contributed by atoms with Gasteiger partial charge in [0.05, 0.1) is 12.5 Å². The predicted octanol–water partition coefficient (Wildman–Crippen LogP) is 2.81. The highest BCUT2D eigenvalue weighted by Gasteiger charge is 2.47. The van der Waals surface area contributed by atoms with E-state index in [1.807, 2.05) is 0 Å². The minimum Gasteiger partial charge on any atom is -0.451 e. The Morgan fingerprint density at radius 3 is 3.00 bits per heavy atom. The van der Waals surface area contributed by atoms with E-state index >= 15 is 0 Å². The number of anilines is 1. The van der Waals surface area contributed by atoms with Gasteiger partial charge in [0.1, 0.15) is 5.51 Å². The summed E-state index contributed by atoms with van der Waals surface area (Å²) in [5, 5.41) is 11.0. The Hall–Kier alpha value is -1.50. The van der Waals surface area contributed by atoms with Crippen molar-refractivity contribution in [3.63, 3.8) is 0 Å². The summed E-state index contributed by atoms with van der Waals surface area (Å²) < 4.78 is 5.39. The molecule has 1 aliphatic heterocycles. The number of cyclic esters (lactones) is 1. The number of nitrogens with one attached hydrogen (secondary N) is 1. The Labute approximate surface area is 134 Å². The molecule has 0 aromatic carbocycles. The maximum absolute atomic E-state index is 12.3. The maximum Gasteiger partial charge on any atom is 0.310 e. The number of ketones is 1. The predicted molar refractivity (Wildman–Crippen MR) is 84.8 cm³/mol. The van der Waals surface area contributed by atoms with E-state index in [2.05, 4.69) is 22.4 Å². The molecular formula is C15H23N3O3S. The van der Waals surface area contributed by atoms with Gasteiger partial charge in [0.25, 0.3) is 0 Å². The Balaban J connectivity index is 1.82. The first-order valence-corrected chi connectivity index (χ1v) is 8.69. The number of esters is 1. The summed E-state index contributed by atoms with van der Waals surface area (Å²) in [6.07, 6.45) is 5.79. The monoisotopic (exact) mass is 325 g/mol. The molecule has 1 saturated heterocycles. The van der Waals surface area contributed by atoms with Crippen LogP contribution in [0.15, 0.2) is 5.51 Å². The third-order valence-corrected chi connectivity index (χ3v) is 4.70. The third-order valence-electron chi connectivity index (χ3n) is 4.05. The lowest BCUT2D eigenvalue weighted by Crippen LogP contribution is -2.39. The summed E-state index contributed by atoms with van der Waals surface area (Å²) in [5.74, 6) is -0.497. The van der Waals surface area contributed by atoms with Gasteiger partial charge in [0.2, 0.25) is 5.13 Å². The molecule has 0 aliphatic carbocycles. The summed E-state index contributed by atoms with van der Waals surface area (Å²) in [6.45, 7) is 3.97. The van der Waals surface area contributed by atoms with Crippen LogP contribution in [0.25, 0.3) is 0 Å². The van der Waals surface area contributed by atoms with Crippen molar-refractivity contribution in [3.8, 4) is 0 Å². The number of aromatic nitrogens is 2. The second kappa shape index (κ2) is 7.67. The zero-order valence-electron chi connectivity index (χ0n) is 13.1. The fourth-order valence-electron chi connectivity index (χ4n) is 2.70. The van der Waals surface area contributed by atoms with Gasteiger partial charge in [-0.05, 0) is 13.3 Å². The van der Waals surface area contributed by atoms with Crippen LogP contribution in [0.1, 0.15) is 52.4 Å². The quantitative estimate of drug-likeness (QED) is 0.555. The van der Waals surface area contributed by atoms with Crippen LogP contribution < -0.4 is 5.32 Å². The molecule has 1 aromatic heterocycles. The van der Waals surface area contributed by atoms with Crippen molar-refractivity contribution in [2.45, 2.75) is 58.0 Å². The third kappa shape index (κ3) is 4.25. The van der Waals surface area contributed by atoms with Gasteiger partial charge >= 0.3 is 5.97 Å². The number of rotatable bonds is 9. The van der Waals surface area contributed by atoms with E-state index in [4.69, 9.17) is 4.74 Å². The molecule has 6 nitrogen and oxygen atoms in total. The number of hydrogen-bond donors (Lipinski definition) is 1. The summed E-state index contributed by atoms with van der Waals surface area (Å²) in [4.78, 5) is 24.3. The molecule has 0 radical (unpaired) electrons. The highest BCUT2D eigenvalue weighted by Crippen LogP contribution is 2.34. The summed E-state index contributed by atoms with van der Waals surface area (Å²) in [5.41, 5.74) is 0.584. The van der Waals surface area contributed by atoms with Crippen LogP contribution in [0.3, 0.4) is 0 Å². The molecule has 122 valence electrons. The number of hydrogen-bond acceptors (Lipinski definition) is 7. The van der Waals surface area contributed by atoms with Gasteiger partial charge in [0.15, 0.2) is 11.4 Å². The molecule has 0 spiro atoms. The van der Waals surface area contributed by atoms with Gasteiger partial charge < -0.3 is 10.1 Å². The smallest absolute Gasteiger partial charge is 0.310 e. The fourth-order valence-corrected chi connectivity index (χ4v) is 3.15. The first kappa shape index (κ1) is 16.9. The second-order valence-corrected chi connectivity index (χ2v) is 6.76. The molecule has 2 atom stereocenters. The van der Waals surface area contributed by atoms with Crippen LogP contribution >= 0.6 is 11.3 Å². The molecule has 1 aromatic rings. The molecule has 7 heteroatoms. The number of carbonyl (C=O) groups excluding carboxylic acids is 2. The first-order valence-electron chi connectivity index (χ1n) is 7.81. The van der Waals surface area contributed by atoms with Crippen LogP contribution in [0.4, 0.5) is 5.13 Å². The van der Waals surface area contributed by atoms with Gasteiger partial charge in [-0.15, -0.1) is 10.2 Å². The zero-order valence-corrected chi connectivity index (χ0v) is 13.9. The minimum atomic E-state index is -1.01. The highest BCUT2D eigenvalue weighted by atomic mass is 32.1. The number of Topliss-reactive ketones (excluding diaryl/α,β-unsaturated/α-hetero) is 1. The van der Waals surface area contributed by atoms with Crippen LogP contribution in [-0.2, 0) is 14.3 Å². The Morgan fingerprint density at radius 2 is 2.32 bits per heavy atom. The van der Waals surface area contributed by atoms with E-state index in [1.54, 1.807) is 12.4 Å². The van der Waals surface area contributed by atoms with Gasteiger partial charge in [-0.2, -0.15) is 0 Å². The van der Waals surface area contributed by atoms with Crippen molar-refractivity contribution in [2.24, 2.45) is 5.92 Å². The molecule has 1 N–H and O–H groups in total. The lowest BCUT2D eigenvalue weighted by Gasteiger charge is -2.20. The molecule has 0 bridgehead atoms. The first-order chi connectivity index (χ1) is 10.5. The van der Waals surface area contributed by atoms with Gasteiger partial charge in [-0.25, -0.2) is 0 Å². The lowest BCUT2D eigenvalue weighted by molar-refractivity contribution is -0.156. The van der Waals surface area contributed by atoms with Crippen molar-refractivity contribution in [1.82, 2.24) is 10.2 Å². The molecule has 0 saturated carbocycles. The van der Waals surface area contributed by atoms with Crippen molar-refractivity contribution in [1.29, 1.82) is 0 Å². The molecular weight excluding hydrogens is 302 g/mol. The Bertz CT molecular complexity index is 506. The number of ether oxygens (including phenoxy) is 1. The van der Waals surface area contributed by atoms with Gasteiger partial charge in [-0.3, -0.25) is 9.59 Å². The Kier molecular flexibility index (Phi) is 5.88. The second-order valence-electron chi connectivity index (χ2n) is 5.92. The number of nitrogens with zero attached hydrogens (tertiary/aromatic N) is 2. The average molecular weight is 325 g/mol. The van der Waals surface area contributed by atoms with Crippen LogP contribution in [0.2, 0.25) is 0 Å². The Morgan fingerprint density at radius 1 is 1.50 bits per heavy atom. The van der Waals surface area contributed by atoms with Crippen molar-refractivity contribution < 1.29 is 14.3 Å². The average Bonchev–Trinajstić information content (AvgIpc) is 3.10. The van der Waals surface area contributed by atoms with Gasteiger partial charge in [0, 0.05) is 6.42 Å². The largest absolute Gasteiger partial charge is 0.451 e. The van der Waals surface area contributed by atoms with E-state index in [0.29, 0.717) is 11.6 Å². The SMILES string of the molecule is CCCCCCC1CC(C)(C(=O)CNc2nncs2)OC1=O. The standard InChI is InChI=1S/C15H23N3O3S/c1-3-4-5-6-7-11-8-15(2,21-13(11)20)12(19)9-16-14-18-17-10-22-14/h10-11H,3-9H2,1-2H3,(H,16,18). The fraction of sp³-hybridized carbons (Fsp3) is 0.733. The number of carbonyl (C=O) groups is 2. The summed E-state index contributed by atoms with van der Waals surface area (Å²) >= 11 is 1.33. The van der Waals surface area contributed by atoms with E-state index in [9.17, 15) is 9.59 Å². The van der Waals surface area contributed by atoms with E-state index < -0.39 is 5.60 Å². The van der Waals surface area contributed by atoms with Crippen molar-refractivity contribution >= 4 is 28.2 Å². The van der Waals surface area contributed by atoms with Crippen molar-refractivity contribution in [3.05, 3.63) is 5.51 Å². The number of unbranched alkanes of at least 4 members (excludes halogenated alkanes) is 3. The van der Waals surface area contributed by atoms with Crippen LogP contribution in [0.5, 0.6) is 0 Å². The molecule has 1 fully saturated rings. The highest BCUT2D eigenvalue weighted by molar-refractivity contribution is 7.13. The lowest BCUT2D eigenvalue weighted by atomic mass is 9.89. The van der Waals surface area contributed by atoms with Crippen molar-refractivity contribution in [2.75, 3.05) is 11.9 Å². The molecule has 0 amide bonds. The van der Waals surface area contributed by atoms with Crippen LogP contribution in [-0.4, -0.2) is 34.1 Å². The normalized spacial score (nSPS) is 24.3.